The molecule has 3 heteroatoms. The van der Waals surface area contributed by atoms with Crippen LogP contribution in [0.1, 0.15) is 18.4 Å². The fourth-order valence-electron chi connectivity index (χ4n) is 3.12. The monoisotopic (exact) mass is 327 g/mol. The van der Waals surface area contributed by atoms with Crippen LogP contribution in [0, 0.1) is 0 Å². The van der Waals surface area contributed by atoms with Crippen LogP contribution >= 0.6 is 11.8 Å². The Morgan fingerprint density at radius 1 is 1.04 bits per heavy atom. The molecule has 1 fully saturated rings. The van der Waals surface area contributed by atoms with Gasteiger partial charge in [0.15, 0.2) is 0 Å². The highest BCUT2D eigenvalue weighted by Crippen LogP contribution is 2.29. The molecule has 2 nitrogen and oxygen atoms in total. The maximum atomic E-state index is 10.3. The highest BCUT2D eigenvalue weighted by atomic mass is 32.2. The Morgan fingerprint density at radius 3 is 2.48 bits per heavy atom. The minimum atomic E-state index is -0.226. The van der Waals surface area contributed by atoms with Gasteiger partial charge in [-0.15, -0.1) is 11.8 Å². The van der Waals surface area contributed by atoms with E-state index in [2.05, 4.69) is 59.5 Å². The molecule has 23 heavy (non-hydrogen) atoms. The fraction of sp³-hybridized carbons (Fsp3) is 0.400. The van der Waals surface area contributed by atoms with Crippen LogP contribution in [0.2, 0.25) is 0 Å². The normalized spacial score (nSPS) is 19.8. The predicted molar refractivity (Wildman–Crippen MR) is 97.9 cm³/mol. The third-order valence-corrected chi connectivity index (χ3v) is 5.62. The number of hydrogen-bond acceptors (Lipinski definition) is 3. The topological polar surface area (TPSA) is 23.5 Å². The molecule has 0 unspecified atom stereocenters. The first-order chi connectivity index (χ1) is 11.3. The summed E-state index contributed by atoms with van der Waals surface area (Å²) in [6, 6.07) is 21.1. The minimum Gasteiger partial charge on any atom is -0.392 e. The van der Waals surface area contributed by atoms with Gasteiger partial charge in [0.2, 0.25) is 0 Å². The molecule has 0 aliphatic carbocycles. The summed E-state index contributed by atoms with van der Waals surface area (Å²) in [4.78, 5) is 3.76. The lowest BCUT2D eigenvalue weighted by Gasteiger charge is -2.20. The second kappa shape index (κ2) is 8.53. The van der Waals surface area contributed by atoms with E-state index < -0.39 is 0 Å². The number of benzene rings is 2. The van der Waals surface area contributed by atoms with Crippen LogP contribution in [0.15, 0.2) is 65.6 Å². The first-order valence-electron chi connectivity index (χ1n) is 8.45. The van der Waals surface area contributed by atoms with Crippen LogP contribution < -0.4 is 0 Å². The Bertz CT molecular complexity index is 575. The molecule has 0 amide bonds. The van der Waals surface area contributed by atoms with Crippen molar-refractivity contribution < 1.29 is 5.11 Å². The SMILES string of the molecule is O[C@@H](CCc1ccccc1)CN1CC[C@@H](Sc2ccccc2)C1. The summed E-state index contributed by atoms with van der Waals surface area (Å²) in [5.74, 6) is 0. The van der Waals surface area contributed by atoms with E-state index >= 15 is 0 Å². The van der Waals surface area contributed by atoms with Crippen molar-refractivity contribution in [1.82, 2.24) is 4.90 Å². The molecular formula is C20H25NOS. The second-order valence-electron chi connectivity index (χ2n) is 6.28. The van der Waals surface area contributed by atoms with Crippen LogP contribution in [0.5, 0.6) is 0 Å². The van der Waals surface area contributed by atoms with Crippen LogP contribution in [0.25, 0.3) is 0 Å². The third-order valence-electron chi connectivity index (χ3n) is 4.35. The molecule has 1 N–H and O–H groups in total. The lowest BCUT2D eigenvalue weighted by atomic mass is 10.1. The summed E-state index contributed by atoms with van der Waals surface area (Å²) in [7, 11) is 0. The Morgan fingerprint density at radius 2 is 1.74 bits per heavy atom. The molecular weight excluding hydrogens is 302 g/mol. The van der Waals surface area contributed by atoms with Crippen molar-refractivity contribution in [3.05, 3.63) is 66.2 Å². The molecule has 3 rings (SSSR count). The van der Waals surface area contributed by atoms with E-state index in [9.17, 15) is 5.11 Å². The predicted octanol–water partition coefficient (Wildman–Crippen LogP) is 3.85. The molecule has 2 aromatic rings. The lowest BCUT2D eigenvalue weighted by Crippen LogP contribution is -2.31. The summed E-state index contributed by atoms with van der Waals surface area (Å²) in [5, 5.41) is 11.0. The minimum absolute atomic E-state index is 0.226. The van der Waals surface area contributed by atoms with Gasteiger partial charge in [0.05, 0.1) is 6.10 Å². The number of thioether (sulfide) groups is 1. The van der Waals surface area contributed by atoms with E-state index in [1.165, 1.54) is 16.9 Å². The highest BCUT2D eigenvalue weighted by molar-refractivity contribution is 8.00. The van der Waals surface area contributed by atoms with Crippen LogP contribution in [0.3, 0.4) is 0 Å². The number of aliphatic hydroxyl groups is 1. The van der Waals surface area contributed by atoms with Crippen LogP contribution in [0.4, 0.5) is 0 Å². The van der Waals surface area contributed by atoms with Gasteiger partial charge in [0, 0.05) is 23.2 Å². The number of aliphatic hydroxyl groups excluding tert-OH is 1. The average Bonchev–Trinajstić information content (AvgIpc) is 3.02. The highest BCUT2D eigenvalue weighted by Gasteiger charge is 2.24. The molecule has 1 aliphatic rings. The lowest BCUT2D eigenvalue weighted by molar-refractivity contribution is 0.117. The van der Waals surface area contributed by atoms with Gasteiger partial charge in [-0.3, -0.25) is 4.90 Å². The van der Waals surface area contributed by atoms with Crippen LogP contribution in [-0.4, -0.2) is 41.0 Å². The summed E-state index contributed by atoms with van der Waals surface area (Å²) in [5.41, 5.74) is 1.31. The first kappa shape index (κ1) is 16.6. The molecule has 0 spiro atoms. The Balaban J connectivity index is 1.39. The smallest absolute Gasteiger partial charge is 0.0670 e. The van der Waals surface area contributed by atoms with Crippen molar-refractivity contribution in [2.45, 2.75) is 35.5 Å². The standard InChI is InChI=1S/C20H25NOS/c22-18(12-11-17-7-3-1-4-8-17)15-21-14-13-20(16-21)23-19-9-5-2-6-10-19/h1-10,18,20,22H,11-16H2/t18-,20+/m0/s1. The third kappa shape index (κ3) is 5.38. The van der Waals surface area contributed by atoms with E-state index in [0.29, 0.717) is 5.25 Å². The molecule has 122 valence electrons. The fourth-order valence-corrected chi connectivity index (χ4v) is 4.33. The Kier molecular flexibility index (Phi) is 6.14. The molecule has 1 aliphatic heterocycles. The summed E-state index contributed by atoms with van der Waals surface area (Å²) in [6.07, 6.45) is 2.79. The molecule has 2 atom stereocenters. The van der Waals surface area contributed by atoms with Gasteiger partial charge in [0.25, 0.3) is 0 Å². The Hall–Kier alpha value is -1.29. The van der Waals surface area contributed by atoms with Crippen molar-refractivity contribution in [3.8, 4) is 0 Å². The quantitative estimate of drug-likeness (QED) is 0.835. The maximum Gasteiger partial charge on any atom is 0.0670 e. The average molecular weight is 327 g/mol. The number of β-amino-alcohol motifs (C(OH)–C–C–N with tert-alkyl or cyclic N) is 1. The molecule has 1 saturated heterocycles. The number of likely N-dealkylation sites (tertiary alicyclic amines) is 1. The maximum absolute atomic E-state index is 10.3. The van der Waals surface area contributed by atoms with Crippen molar-refractivity contribution >= 4 is 11.8 Å². The Labute approximate surface area is 143 Å². The summed E-state index contributed by atoms with van der Waals surface area (Å²) in [6.45, 7) is 2.99. The van der Waals surface area contributed by atoms with Gasteiger partial charge in [-0.1, -0.05) is 48.5 Å². The van der Waals surface area contributed by atoms with E-state index in [1.807, 2.05) is 17.8 Å². The van der Waals surface area contributed by atoms with E-state index in [0.717, 1.165) is 32.5 Å². The number of nitrogens with zero attached hydrogens (tertiary/aromatic N) is 1. The summed E-state index contributed by atoms with van der Waals surface area (Å²) >= 11 is 1.97. The zero-order valence-corrected chi connectivity index (χ0v) is 14.3. The second-order valence-corrected chi connectivity index (χ2v) is 7.65. The number of hydrogen-bond donors (Lipinski definition) is 1. The van der Waals surface area contributed by atoms with E-state index in [-0.39, 0.29) is 6.10 Å². The van der Waals surface area contributed by atoms with Crippen molar-refractivity contribution in [1.29, 1.82) is 0 Å². The molecule has 0 saturated carbocycles. The first-order valence-corrected chi connectivity index (χ1v) is 9.33. The van der Waals surface area contributed by atoms with Gasteiger partial charge in [-0.2, -0.15) is 0 Å². The van der Waals surface area contributed by atoms with Gasteiger partial charge in [-0.05, 0) is 43.5 Å². The van der Waals surface area contributed by atoms with Gasteiger partial charge in [-0.25, -0.2) is 0 Å². The van der Waals surface area contributed by atoms with Crippen molar-refractivity contribution in [2.75, 3.05) is 19.6 Å². The molecule has 1 heterocycles. The van der Waals surface area contributed by atoms with Crippen molar-refractivity contribution in [2.24, 2.45) is 0 Å². The zero-order valence-electron chi connectivity index (χ0n) is 13.5. The molecule has 0 bridgehead atoms. The van der Waals surface area contributed by atoms with E-state index in [1.54, 1.807) is 0 Å². The summed E-state index contributed by atoms with van der Waals surface area (Å²) < 4.78 is 0. The number of aryl methyl sites for hydroxylation is 1. The van der Waals surface area contributed by atoms with Crippen LogP contribution in [-0.2, 0) is 6.42 Å². The largest absolute Gasteiger partial charge is 0.392 e. The molecule has 0 aromatic heterocycles. The van der Waals surface area contributed by atoms with Crippen molar-refractivity contribution in [3.63, 3.8) is 0 Å². The van der Waals surface area contributed by atoms with Gasteiger partial charge < -0.3 is 5.11 Å². The molecule has 2 aromatic carbocycles. The molecule has 0 radical (unpaired) electrons. The van der Waals surface area contributed by atoms with E-state index in [4.69, 9.17) is 0 Å². The zero-order chi connectivity index (χ0) is 15.9. The van der Waals surface area contributed by atoms with Gasteiger partial charge in [0.1, 0.15) is 0 Å². The number of rotatable bonds is 7. The van der Waals surface area contributed by atoms with Gasteiger partial charge >= 0.3 is 0 Å².